The predicted molar refractivity (Wildman–Crippen MR) is 81.2 cm³/mol. The molecule has 3 heterocycles. The Bertz CT molecular complexity index is 850. The van der Waals surface area contributed by atoms with Crippen molar-refractivity contribution < 1.29 is 4.79 Å². The van der Waals surface area contributed by atoms with Gasteiger partial charge in [-0.25, -0.2) is 4.98 Å². The van der Waals surface area contributed by atoms with E-state index in [2.05, 4.69) is 30.9 Å². The quantitative estimate of drug-likeness (QED) is 0.736. The Morgan fingerprint density at radius 3 is 3.04 bits per heavy atom. The van der Waals surface area contributed by atoms with E-state index in [1.165, 1.54) is 11.2 Å². The molecule has 3 aromatic rings. The summed E-state index contributed by atoms with van der Waals surface area (Å²) in [4.78, 5) is 18.1. The molecule has 0 fully saturated rings. The summed E-state index contributed by atoms with van der Waals surface area (Å²) in [5.74, 6) is 0.444. The Morgan fingerprint density at radius 1 is 1.39 bits per heavy atom. The second-order valence-electron chi connectivity index (χ2n) is 5.31. The first-order valence-electron chi connectivity index (χ1n) is 7.23. The lowest BCUT2D eigenvalue weighted by atomic mass is 10.1. The Morgan fingerprint density at radius 2 is 2.30 bits per heavy atom. The second kappa shape index (κ2) is 5.54. The van der Waals surface area contributed by atoms with Crippen molar-refractivity contribution >= 4 is 17.2 Å². The van der Waals surface area contributed by atoms with Crippen molar-refractivity contribution in [3.63, 3.8) is 0 Å². The van der Waals surface area contributed by atoms with Crippen LogP contribution in [0.2, 0.25) is 0 Å². The summed E-state index contributed by atoms with van der Waals surface area (Å²) < 4.78 is 3.16. The summed E-state index contributed by atoms with van der Waals surface area (Å²) >= 11 is 1.58. The summed E-state index contributed by atoms with van der Waals surface area (Å²) in [6.07, 6.45) is 6.12. The standard InChI is InChI=1S/C13H14N8OS/c1-20-6-15-10(17-20)5-14-12(22)11-8-3-2-4-9(8)23-13(11)21-7-16-18-19-21/h6-7H,2-5H2,1H3,(H,14,22). The molecule has 0 radical (unpaired) electrons. The van der Waals surface area contributed by atoms with Crippen LogP contribution in [-0.2, 0) is 26.4 Å². The minimum atomic E-state index is -0.137. The van der Waals surface area contributed by atoms with E-state index < -0.39 is 0 Å². The topological polar surface area (TPSA) is 103 Å². The number of amides is 1. The second-order valence-corrected chi connectivity index (χ2v) is 6.39. The molecule has 4 rings (SSSR count). The van der Waals surface area contributed by atoms with Crippen LogP contribution in [0.3, 0.4) is 0 Å². The molecular formula is C13H14N8OS. The zero-order valence-corrected chi connectivity index (χ0v) is 13.2. The van der Waals surface area contributed by atoms with Crippen LogP contribution < -0.4 is 5.32 Å². The smallest absolute Gasteiger partial charge is 0.255 e. The van der Waals surface area contributed by atoms with E-state index in [-0.39, 0.29) is 5.91 Å². The molecule has 0 saturated carbocycles. The maximum Gasteiger partial charge on any atom is 0.255 e. The normalized spacial score (nSPS) is 13.3. The number of hydrogen-bond donors (Lipinski definition) is 1. The lowest BCUT2D eigenvalue weighted by Gasteiger charge is -2.06. The van der Waals surface area contributed by atoms with Gasteiger partial charge in [0.15, 0.2) is 5.82 Å². The van der Waals surface area contributed by atoms with Crippen LogP contribution >= 0.6 is 11.3 Å². The van der Waals surface area contributed by atoms with Gasteiger partial charge >= 0.3 is 0 Å². The van der Waals surface area contributed by atoms with Crippen molar-refractivity contribution in [1.82, 2.24) is 40.3 Å². The molecule has 0 unspecified atom stereocenters. The number of nitrogens with one attached hydrogen (secondary N) is 1. The number of nitrogens with zero attached hydrogens (tertiary/aromatic N) is 7. The third kappa shape index (κ3) is 2.50. The minimum absolute atomic E-state index is 0.137. The van der Waals surface area contributed by atoms with E-state index >= 15 is 0 Å². The predicted octanol–water partition coefficient (Wildman–Crippen LogP) is 0.271. The number of fused-ring (bicyclic) bond motifs is 1. The minimum Gasteiger partial charge on any atom is -0.345 e. The average molecular weight is 330 g/mol. The molecule has 0 bridgehead atoms. The maximum atomic E-state index is 12.7. The Labute approximate surface area is 135 Å². The van der Waals surface area contributed by atoms with Crippen LogP contribution in [-0.4, -0.2) is 40.9 Å². The van der Waals surface area contributed by atoms with Crippen LogP contribution in [0.25, 0.3) is 5.00 Å². The monoisotopic (exact) mass is 330 g/mol. The number of aromatic nitrogens is 7. The van der Waals surface area contributed by atoms with Gasteiger partial charge in [-0.15, -0.1) is 16.4 Å². The molecule has 0 aliphatic heterocycles. The number of carbonyl (C=O) groups excluding carboxylic acids is 1. The highest BCUT2D eigenvalue weighted by Crippen LogP contribution is 2.37. The fourth-order valence-electron chi connectivity index (χ4n) is 2.75. The van der Waals surface area contributed by atoms with Crippen LogP contribution in [0.5, 0.6) is 0 Å². The van der Waals surface area contributed by atoms with Crippen molar-refractivity contribution in [1.29, 1.82) is 0 Å². The zero-order chi connectivity index (χ0) is 15.8. The first-order chi connectivity index (χ1) is 11.2. The maximum absolute atomic E-state index is 12.7. The van der Waals surface area contributed by atoms with E-state index in [9.17, 15) is 4.79 Å². The van der Waals surface area contributed by atoms with Gasteiger partial charge in [-0.1, -0.05) is 0 Å². The molecule has 0 aromatic carbocycles. The van der Waals surface area contributed by atoms with Crippen molar-refractivity contribution in [2.24, 2.45) is 7.05 Å². The SMILES string of the molecule is Cn1cnc(CNC(=O)c2c(-n3cnnn3)sc3c2CCC3)n1. The Kier molecular flexibility index (Phi) is 3.37. The third-order valence-corrected chi connectivity index (χ3v) is 5.02. The first-order valence-corrected chi connectivity index (χ1v) is 8.04. The van der Waals surface area contributed by atoms with Crippen molar-refractivity contribution in [3.8, 4) is 5.00 Å². The Hall–Kier alpha value is -2.62. The van der Waals surface area contributed by atoms with Crippen molar-refractivity contribution in [3.05, 3.63) is 34.5 Å². The average Bonchev–Trinajstić information content (AvgIpc) is 3.28. The molecule has 1 aliphatic rings. The number of carbonyl (C=O) groups is 1. The van der Waals surface area contributed by atoms with Gasteiger partial charge in [-0.2, -0.15) is 9.78 Å². The van der Waals surface area contributed by atoms with Crippen LogP contribution in [0, 0.1) is 0 Å². The van der Waals surface area contributed by atoms with Gasteiger partial charge in [0.2, 0.25) is 0 Å². The van der Waals surface area contributed by atoms with Gasteiger partial charge in [-0.3, -0.25) is 9.48 Å². The number of hydrogen-bond acceptors (Lipinski definition) is 7. The highest BCUT2D eigenvalue weighted by molar-refractivity contribution is 7.15. The fraction of sp³-hybridized carbons (Fsp3) is 0.385. The number of thiophene rings is 1. The van der Waals surface area contributed by atoms with Gasteiger partial charge in [0.05, 0.1) is 12.1 Å². The van der Waals surface area contributed by atoms with Crippen molar-refractivity contribution in [2.75, 3.05) is 0 Å². The summed E-state index contributed by atoms with van der Waals surface area (Å²) in [6, 6.07) is 0. The molecule has 1 amide bonds. The Balaban J connectivity index is 1.63. The molecule has 0 spiro atoms. The zero-order valence-electron chi connectivity index (χ0n) is 12.4. The molecule has 10 heteroatoms. The van der Waals surface area contributed by atoms with Crippen LogP contribution in [0.1, 0.15) is 33.0 Å². The van der Waals surface area contributed by atoms with Crippen molar-refractivity contribution in [2.45, 2.75) is 25.8 Å². The third-order valence-electron chi connectivity index (χ3n) is 3.74. The number of aryl methyl sites for hydroxylation is 2. The van der Waals surface area contributed by atoms with Crippen LogP contribution in [0.15, 0.2) is 12.7 Å². The highest BCUT2D eigenvalue weighted by Gasteiger charge is 2.28. The van der Waals surface area contributed by atoms with Gasteiger partial charge in [0, 0.05) is 11.9 Å². The molecular weight excluding hydrogens is 316 g/mol. The lowest BCUT2D eigenvalue weighted by Crippen LogP contribution is -2.25. The van der Waals surface area contributed by atoms with E-state index in [0.29, 0.717) is 17.9 Å². The summed E-state index contributed by atoms with van der Waals surface area (Å²) in [5.41, 5.74) is 1.79. The lowest BCUT2D eigenvalue weighted by molar-refractivity contribution is 0.0949. The molecule has 1 aliphatic carbocycles. The summed E-state index contributed by atoms with van der Waals surface area (Å²) in [5, 5.41) is 19.1. The first kappa shape index (κ1) is 14.0. The highest BCUT2D eigenvalue weighted by atomic mass is 32.1. The molecule has 3 aromatic heterocycles. The van der Waals surface area contributed by atoms with Gasteiger partial charge < -0.3 is 5.32 Å². The van der Waals surface area contributed by atoms with E-state index in [0.717, 1.165) is 29.8 Å². The van der Waals surface area contributed by atoms with Gasteiger partial charge in [0.1, 0.15) is 17.7 Å². The molecule has 0 saturated heterocycles. The fourth-order valence-corrected chi connectivity index (χ4v) is 4.05. The van der Waals surface area contributed by atoms with E-state index in [4.69, 9.17) is 0 Å². The van der Waals surface area contributed by atoms with E-state index in [1.54, 1.807) is 34.1 Å². The number of rotatable bonds is 4. The molecule has 1 N–H and O–H groups in total. The molecule has 118 valence electrons. The number of tetrazole rings is 1. The van der Waals surface area contributed by atoms with Crippen LogP contribution in [0.4, 0.5) is 0 Å². The summed E-state index contributed by atoms with van der Waals surface area (Å²) in [7, 11) is 1.79. The molecule has 23 heavy (non-hydrogen) atoms. The largest absolute Gasteiger partial charge is 0.345 e. The van der Waals surface area contributed by atoms with E-state index in [1.807, 2.05) is 0 Å². The van der Waals surface area contributed by atoms with Gasteiger partial charge in [-0.05, 0) is 35.3 Å². The molecule has 0 atom stereocenters. The van der Waals surface area contributed by atoms with Gasteiger partial charge in [0.25, 0.3) is 5.91 Å². The summed E-state index contributed by atoms with van der Waals surface area (Å²) in [6.45, 7) is 0.291. The molecule has 9 nitrogen and oxygen atoms in total.